The normalized spacial score (nSPS) is 9.45. The molecule has 0 heterocycles. The second kappa shape index (κ2) is 5.29. The molecular weight excluding hydrogens is 144 g/mol. The Morgan fingerprint density at radius 2 is 2.27 bits per heavy atom. The van der Waals surface area contributed by atoms with Crippen molar-refractivity contribution in [3.8, 4) is 0 Å². The monoisotopic (exact) mass is 154 g/mol. The van der Waals surface area contributed by atoms with Crippen LogP contribution in [-0.4, -0.2) is 11.1 Å². The molecule has 0 radical (unpaired) electrons. The summed E-state index contributed by atoms with van der Waals surface area (Å²) in [6, 6.07) is 0. The van der Waals surface area contributed by atoms with Gasteiger partial charge in [0.2, 0.25) is 0 Å². The zero-order valence-electron chi connectivity index (χ0n) is 6.12. The fourth-order valence-corrected chi connectivity index (χ4v) is 0.389. The van der Waals surface area contributed by atoms with E-state index in [1.165, 1.54) is 12.5 Å². The van der Waals surface area contributed by atoms with Gasteiger partial charge in [0.25, 0.3) is 0 Å². The maximum atomic E-state index is 10.2. The van der Waals surface area contributed by atoms with Crippen LogP contribution >= 0.6 is 0 Å². The zero-order valence-corrected chi connectivity index (χ0v) is 6.12. The minimum atomic E-state index is -0.992. The molecule has 60 valence electrons. The van der Waals surface area contributed by atoms with Crippen LogP contribution < -0.4 is 0 Å². The second-order valence-corrected chi connectivity index (χ2v) is 1.79. The van der Waals surface area contributed by atoms with Gasteiger partial charge >= 0.3 is 5.97 Å². The van der Waals surface area contributed by atoms with Gasteiger partial charge < -0.3 is 9.84 Å². The molecule has 11 heavy (non-hydrogen) atoms. The lowest BCUT2D eigenvalue weighted by molar-refractivity contribution is -0.132. The Balaban J connectivity index is 3.61. The van der Waals surface area contributed by atoms with E-state index in [-0.39, 0.29) is 12.0 Å². The molecule has 0 aromatic rings. The molecule has 0 bridgehead atoms. The molecule has 1 N–H and O–H groups in total. The Labute approximate surface area is 65.3 Å². The van der Waals surface area contributed by atoms with E-state index in [2.05, 4.69) is 17.9 Å². The van der Waals surface area contributed by atoms with Gasteiger partial charge in [0.1, 0.15) is 0 Å². The van der Waals surface area contributed by atoms with Crippen molar-refractivity contribution in [1.29, 1.82) is 0 Å². The van der Waals surface area contributed by atoms with Crippen molar-refractivity contribution >= 4 is 5.97 Å². The number of aliphatic carboxylic acids is 1. The summed E-state index contributed by atoms with van der Waals surface area (Å²) in [7, 11) is 0. The third-order valence-electron chi connectivity index (χ3n) is 0.938. The van der Waals surface area contributed by atoms with Crippen LogP contribution in [0.15, 0.2) is 37.3 Å². The highest BCUT2D eigenvalue weighted by Crippen LogP contribution is 1.98. The highest BCUT2D eigenvalue weighted by atomic mass is 16.5. The first kappa shape index (κ1) is 9.49. The van der Waals surface area contributed by atoms with Gasteiger partial charge in [0.05, 0.1) is 12.5 Å². The highest BCUT2D eigenvalue weighted by Gasteiger charge is 1.99. The molecule has 0 saturated heterocycles. The van der Waals surface area contributed by atoms with Crippen LogP contribution in [0.1, 0.15) is 6.42 Å². The smallest absolute Gasteiger partial charge is 0.331 e. The van der Waals surface area contributed by atoms with Crippen molar-refractivity contribution < 1.29 is 14.6 Å². The highest BCUT2D eigenvalue weighted by molar-refractivity contribution is 5.85. The van der Waals surface area contributed by atoms with Gasteiger partial charge in [-0.15, -0.1) is 0 Å². The Morgan fingerprint density at radius 1 is 1.64 bits per heavy atom. The Kier molecular flexibility index (Phi) is 4.56. The third kappa shape index (κ3) is 4.96. The van der Waals surface area contributed by atoms with Gasteiger partial charge in [-0.3, -0.25) is 0 Å². The van der Waals surface area contributed by atoms with Gasteiger partial charge in [0, 0.05) is 12.0 Å². The van der Waals surface area contributed by atoms with Crippen LogP contribution in [0.4, 0.5) is 0 Å². The maximum Gasteiger partial charge on any atom is 0.331 e. The van der Waals surface area contributed by atoms with E-state index in [1.54, 1.807) is 6.08 Å². The molecule has 0 aromatic carbocycles. The molecule has 0 fully saturated rings. The van der Waals surface area contributed by atoms with Crippen LogP contribution in [-0.2, 0) is 9.53 Å². The lowest BCUT2D eigenvalue weighted by Gasteiger charge is -1.92. The first-order valence-corrected chi connectivity index (χ1v) is 3.01. The number of carbonyl (C=O) groups is 1. The minimum Gasteiger partial charge on any atom is -0.478 e. The van der Waals surface area contributed by atoms with Crippen LogP contribution in [0.5, 0.6) is 0 Å². The van der Waals surface area contributed by atoms with Crippen molar-refractivity contribution in [1.82, 2.24) is 0 Å². The molecule has 0 aromatic heterocycles. The predicted molar refractivity (Wildman–Crippen MR) is 41.8 cm³/mol. The van der Waals surface area contributed by atoms with Crippen LogP contribution in [0, 0.1) is 0 Å². The molecular formula is C8H10O3. The van der Waals surface area contributed by atoms with Gasteiger partial charge in [0.15, 0.2) is 0 Å². The van der Waals surface area contributed by atoms with E-state index in [4.69, 9.17) is 5.11 Å². The van der Waals surface area contributed by atoms with E-state index in [0.29, 0.717) is 0 Å². The Morgan fingerprint density at radius 3 is 2.73 bits per heavy atom. The van der Waals surface area contributed by atoms with Crippen LogP contribution in [0.3, 0.4) is 0 Å². The molecule has 0 spiro atoms. The Hall–Kier alpha value is -1.51. The summed E-state index contributed by atoms with van der Waals surface area (Å²) in [6.07, 6.45) is 4.45. The van der Waals surface area contributed by atoms with Crippen molar-refractivity contribution in [2.45, 2.75) is 6.42 Å². The summed E-state index contributed by atoms with van der Waals surface area (Å²) < 4.78 is 4.61. The number of ether oxygens (including phenoxy) is 1. The summed E-state index contributed by atoms with van der Waals surface area (Å²) in [5.74, 6) is -0.992. The lowest BCUT2D eigenvalue weighted by Crippen LogP contribution is -1.96. The average molecular weight is 154 g/mol. The third-order valence-corrected chi connectivity index (χ3v) is 0.938. The summed E-state index contributed by atoms with van der Waals surface area (Å²) in [5, 5.41) is 8.34. The van der Waals surface area contributed by atoms with Crippen molar-refractivity contribution in [3.63, 3.8) is 0 Å². The Bertz CT molecular complexity index is 192. The summed E-state index contributed by atoms with van der Waals surface area (Å²) in [4.78, 5) is 10.2. The van der Waals surface area contributed by atoms with Crippen LogP contribution in [0.2, 0.25) is 0 Å². The molecule has 0 aliphatic heterocycles. The van der Waals surface area contributed by atoms with Crippen molar-refractivity contribution in [3.05, 3.63) is 37.3 Å². The van der Waals surface area contributed by atoms with E-state index in [0.717, 1.165) is 0 Å². The van der Waals surface area contributed by atoms with E-state index < -0.39 is 5.97 Å². The van der Waals surface area contributed by atoms with Gasteiger partial charge in [-0.2, -0.15) is 0 Å². The fraction of sp³-hybridized carbons (Fsp3) is 0.125. The molecule has 0 atom stereocenters. The van der Waals surface area contributed by atoms with Crippen molar-refractivity contribution in [2.24, 2.45) is 0 Å². The zero-order chi connectivity index (χ0) is 8.69. The average Bonchev–Trinajstić information content (AvgIpc) is 1.97. The molecule has 0 unspecified atom stereocenters. The number of allylic oxidation sites excluding steroid dienone is 1. The van der Waals surface area contributed by atoms with Crippen molar-refractivity contribution in [2.75, 3.05) is 0 Å². The van der Waals surface area contributed by atoms with E-state index in [1.807, 2.05) is 0 Å². The van der Waals surface area contributed by atoms with E-state index >= 15 is 0 Å². The van der Waals surface area contributed by atoms with Gasteiger partial charge in [-0.25, -0.2) is 4.79 Å². The molecule has 0 aliphatic rings. The second-order valence-electron chi connectivity index (χ2n) is 1.79. The minimum absolute atomic E-state index is 0.133. The largest absolute Gasteiger partial charge is 0.478 e. The summed E-state index contributed by atoms with van der Waals surface area (Å²) in [6.45, 7) is 6.62. The maximum absolute atomic E-state index is 10.2. The quantitative estimate of drug-likeness (QED) is 0.484. The SMILES string of the molecule is C=COC=CCC(=C)C(=O)O. The van der Waals surface area contributed by atoms with Gasteiger partial charge in [-0.1, -0.05) is 13.2 Å². The summed E-state index contributed by atoms with van der Waals surface area (Å²) in [5.41, 5.74) is 0.133. The topological polar surface area (TPSA) is 46.5 Å². The molecule has 0 aliphatic carbocycles. The number of rotatable bonds is 5. The molecule has 0 rings (SSSR count). The molecule has 0 amide bonds. The standard InChI is InChI=1S/C8H10O3/c1-3-11-6-4-5-7(2)8(9)10/h3-4,6H,1-2,5H2,(H,9,10). The molecule has 3 heteroatoms. The van der Waals surface area contributed by atoms with E-state index in [9.17, 15) is 4.79 Å². The first-order valence-electron chi connectivity index (χ1n) is 3.01. The lowest BCUT2D eigenvalue weighted by atomic mass is 10.2. The number of carboxylic acids is 1. The number of hydrogen-bond donors (Lipinski definition) is 1. The number of hydrogen-bond acceptors (Lipinski definition) is 2. The van der Waals surface area contributed by atoms with Gasteiger partial charge in [-0.05, 0) is 6.08 Å². The molecule has 3 nitrogen and oxygen atoms in total. The predicted octanol–water partition coefficient (Wildman–Crippen LogP) is 1.69. The number of carboxylic acid groups (broad SMARTS) is 1. The van der Waals surface area contributed by atoms with Crippen LogP contribution in [0.25, 0.3) is 0 Å². The summed E-state index contributed by atoms with van der Waals surface area (Å²) >= 11 is 0. The first-order chi connectivity index (χ1) is 5.18. The molecule has 0 saturated carbocycles. The fourth-order valence-electron chi connectivity index (χ4n) is 0.389.